The fourth-order valence-electron chi connectivity index (χ4n) is 8.59. The molecule has 6 heteroatoms. The van der Waals surface area contributed by atoms with Crippen LogP contribution in [0.15, 0.2) is 140 Å². The van der Waals surface area contributed by atoms with Crippen molar-refractivity contribution in [2.45, 2.75) is 58.3 Å². The monoisotopic (exact) mass is 797 g/mol. The summed E-state index contributed by atoms with van der Waals surface area (Å²) in [5, 5.41) is 3.15. The quantitative estimate of drug-likeness (QED) is 0.0958. The molecule has 0 radical (unpaired) electrons. The molecule has 6 nitrogen and oxygen atoms in total. The summed E-state index contributed by atoms with van der Waals surface area (Å²) in [4.78, 5) is 31.7. The molecule has 302 valence electrons. The highest BCUT2D eigenvalue weighted by Crippen LogP contribution is 2.38. The maximum atomic E-state index is 13.3. The van der Waals surface area contributed by atoms with Crippen LogP contribution >= 0.6 is 0 Å². The van der Waals surface area contributed by atoms with Crippen LogP contribution in [-0.2, 0) is 0 Å². The minimum atomic E-state index is -0.0443. The Morgan fingerprint density at radius 1 is 0.426 bits per heavy atom. The van der Waals surface area contributed by atoms with Gasteiger partial charge in [-0.1, -0.05) is 155 Å². The van der Waals surface area contributed by atoms with Crippen molar-refractivity contribution in [3.8, 4) is 44.5 Å². The molecule has 0 saturated carbocycles. The lowest BCUT2D eigenvalue weighted by molar-refractivity contribution is 0.0953. The fourth-order valence-corrected chi connectivity index (χ4v) is 8.59. The van der Waals surface area contributed by atoms with Crippen molar-refractivity contribution in [2.24, 2.45) is 0 Å². The van der Waals surface area contributed by atoms with Gasteiger partial charge in [0.1, 0.15) is 0 Å². The average molecular weight is 798 g/mol. The molecule has 3 N–H and O–H groups in total. The van der Waals surface area contributed by atoms with Crippen LogP contribution in [0.1, 0.15) is 91.4 Å². The van der Waals surface area contributed by atoms with Gasteiger partial charge in [-0.05, 0) is 89.4 Å². The molecule has 1 amide bonds. The normalized spacial score (nSPS) is 11.9. The molecule has 9 rings (SSSR count). The second-order valence-electron chi connectivity index (χ2n) is 15.9. The third-order valence-electron chi connectivity index (χ3n) is 11.7. The first-order valence-corrected chi connectivity index (χ1v) is 21.9. The summed E-state index contributed by atoms with van der Waals surface area (Å²) in [5.41, 5.74) is 16.0. The Morgan fingerprint density at radius 3 is 1.15 bits per heavy atom. The molecule has 4 aromatic carbocycles. The number of unbranched alkanes of at least 4 members (excludes halogenated alkanes) is 7. The molecule has 2 aliphatic heterocycles. The third-order valence-corrected chi connectivity index (χ3v) is 11.7. The first-order valence-electron chi connectivity index (χ1n) is 21.9. The van der Waals surface area contributed by atoms with Crippen molar-refractivity contribution in [3.05, 3.63) is 168 Å². The molecule has 7 aromatic rings. The van der Waals surface area contributed by atoms with E-state index < -0.39 is 0 Å². The molecule has 0 unspecified atom stereocenters. The highest BCUT2D eigenvalue weighted by molar-refractivity contribution is 6.00. The molecule has 0 fully saturated rings. The molecule has 5 heterocycles. The second-order valence-corrected chi connectivity index (χ2v) is 15.9. The molecule has 0 saturated heterocycles. The van der Waals surface area contributed by atoms with E-state index in [9.17, 15) is 4.79 Å². The van der Waals surface area contributed by atoms with Crippen molar-refractivity contribution in [3.63, 3.8) is 0 Å². The molecule has 0 atom stereocenters. The predicted molar refractivity (Wildman–Crippen MR) is 256 cm³/mol. The molecule has 0 spiro atoms. The van der Waals surface area contributed by atoms with Gasteiger partial charge in [0, 0.05) is 56.4 Å². The number of amides is 1. The number of hydrogen-bond acceptors (Lipinski definition) is 3. The molecule has 61 heavy (non-hydrogen) atoms. The number of aromatic nitrogens is 4. The first kappa shape index (κ1) is 39.4. The van der Waals surface area contributed by atoms with Crippen LogP contribution in [0.4, 0.5) is 0 Å². The van der Waals surface area contributed by atoms with E-state index in [0.29, 0.717) is 12.1 Å². The number of nitrogens with zero attached hydrogens (tertiary/aromatic N) is 2. The largest absolute Gasteiger partial charge is 0.354 e. The highest BCUT2D eigenvalue weighted by Gasteiger charge is 2.19. The Hall–Kier alpha value is -7.05. The van der Waals surface area contributed by atoms with E-state index in [0.717, 1.165) is 102 Å². The smallest absolute Gasteiger partial charge is 0.251 e. The Kier molecular flexibility index (Phi) is 11.9. The van der Waals surface area contributed by atoms with Gasteiger partial charge in [-0.15, -0.1) is 0 Å². The Labute approximate surface area is 358 Å². The number of carbonyl (C=O) groups excluding carboxylic acids is 1. The summed E-state index contributed by atoms with van der Waals surface area (Å²) < 4.78 is 0. The molecule has 0 aliphatic carbocycles. The Balaban J connectivity index is 1.20. The van der Waals surface area contributed by atoms with Gasteiger partial charge in [0.2, 0.25) is 0 Å². The molecular weight excluding hydrogens is 747 g/mol. The number of fused-ring (bicyclic) bond motifs is 8. The zero-order chi connectivity index (χ0) is 41.4. The summed E-state index contributed by atoms with van der Waals surface area (Å²) in [6.45, 7) is 2.94. The molecule has 8 bridgehead atoms. The number of carbonyl (C=O) groups is 1. The van der Waals surface area contributed by atoms with E-state index in [1.165, 1.54) is 38.5 Å². The van der Waals surface area contributed by atoms with Crippen molar-refractivity contribution < 1.29 is 4.79 Å². The maximum Gasteiger partial charge on any atom is 0.251 e. The van der Waals surface area contributed by atoms with Crippen LogP contribution < -0.4 is 5.32 Å². The van der Waals surface area contributed by atoms with Gasteiger partial charge in [0.05, 0.1) is 22.8 Å². The van der Waals surface area contributed by atoms with Crippen LogP contribution in [0.3, 0.4) is 0 Å². The summed E-state index contributed by atoms with van der Waals surface area (Å²) in [5.74, 6) is -0.0443. The number of benzene rings is 4. The van der Waals surface area contributed by atoms with E-state index >= 15 is 0 Å². The third kappa shape index (κ3) is 8.66. The standard InChI is InChI=1S/C55H51N5O/c1-2-3-4-5-6-7-8-18-37-56-55(61)42-27-25-41(26-28-42)54-49-35-33-47(59-49)52(39-21-14-10-15-22-39)45-31-29-43(57-45)51(38-19-12-9-13-20-38)44-30-32-46(58-44)53(40-23-16-11-17-24-40)48-34-36-50(54)60-48/h9-17,19-36,57,60H,2-8,18,37H2,1H3,(H,56,61). The van der Waals surface area contributed by atoms with Gasteiger partial charge in [-0.25, -0.2) is 9.97 Å². The van der Waals surface area contributed by atoms with Crippen molar-refractivity contribution >= 4 is 52.3 Å². The average Bonchev–Trinajstić information content (AvgIpc) is 4.16. The Bertz CT molecular complexity index is 2830. The van der Waals surface area contributed by atoms with Gasteiger partial charge >= 0.3 is 0 Å². The van der Waals surface area contributed by atoms with Crippen molar-refractivity contribution in [1.29, 1.82) is 0 Å². The zero-order valence-electron chi connectivity index (χ0n) is 34.8. The van der Waals surface area contributed by atoms with E-state index in [2.05, 4.69) is 144 Å². The zero-order valence-corrected chi connectivity index (χ0v) is 34.8. The van der Waals surface area contributed by atoms with Crippen molar-refractivity contribution in [1.82, 2.24) is 25.3 Å². The van der Waals surface area contributed by atoms with Crippen LogP contribution in [0, 0.1) is 0 Å². The lowest BCUT2D eigenvalue weighted by Crippen LogP contribution is -2.24. The van der Waals surface area contributed by atoms with Gasteiger partial charge in [0.15, 0.2) is 0 Å². The van der Waals surface area contributed by atoms with Gasteiger partial charge in [-0.3, -0.25) is 4.79 Å². The minimum Gasteiger partial charge on any atom is -0.354 e. The molecule has 2 aliphatic rings. The van der Waals surface area contributed by atoms with E-state index in [1.807, 2.05) is 42.5 Å². The first-order chi connectivity index (χ1) is 30.1. The number of nitrogens with one attached hydrogen (secondary N) is 3. The number of rotatable bonds is 14. The van der Waals surface area contributed by atoms with E-state index in [-0.39, 0.29) is 5.91 Å². The van der Waals surface area contributed by atoms with Gasteiger partial charge in [0.25, 0.3) is 5.91 Å². The lowest BCUT2D eigenvalue weighted by atomic mass is 10.0. The SMILES string of the molecule is CCCCCCCCCCNC(=O)c1ccc(-c2c3nc(c(-c4ccccc4)c4ccc([nH]4)c(-c4ccccc4)c4nc(c(-c5ccccc5)c5ccc2[nH]5)C=C4)C=C3)cc1. The van der Waals surface area contributed by atoms with Gasteiger partial charge < -0.3 is 15.3 Å². The summed E-state index contributed by atoms with van der Waals surface area (Å²) in [7, 11) is 0. The predicted octanol–water partition coefficient (Wildman–Crippen LogP) is 14.2. The van der Waals surface area contributed by atoms with E-state index in [4.69, 9.17) is 9.97 Å². The number of hydrogen-bond donors (Lipinski definition) is 3. The van der Waals surface area contributed by atoms with Gasteiger partial charge in [-0.2, -0.15) is 0 Å². The minimum absolute atomic E-state index is 0.0443. The van der Waals surface area contributed by atoms with Crippen LogP contribution in [-0.4, -0.2) is 32.4 Å². The van der Waals surface area contributed by atoms with Crippen LogP contribution in [0.5, 0.6) is 0 Å². The topological polar surface area (TPSA) is 86.5 Å². The second kappa shape index (κ2) is 18.5. The molecular formula is C55H51N5O. The number of H-pyrrole nitrogens is 2. The van der Waals surface area contributed by atoms with Crippen molar-refractivity contribution in [2.75, 3.05) is 6.54 Å². The highest BCUT2D eigenvalue weighted by atomic mass is 16.1. The summed E-state index contributed by atoms with van der Waals surface area (Å²) in [6.07, 6.45) is 18.3. The summed E-state index contributed by atoms with van der Waals surface area (Å²) in [6, 6.07) is 47.9. The lowest BCUT2D eigenvalue weighted by Gasteiger charge is -2.08. The maximum absolute atomic E-state index is 13.3. The van der Waals surface area contributed by atoms with E-state index in [1.54, 1.807) is 0 Å². The summed E-state index contributed by atoms with van der Waals surface area (Å²) >= 11 is 0. The fraction of sp³-hybridized carbons (Fsp3) is 0.182. The molecule has 3 aromatic heterocycles. The van der Waals surface area contributed by atoms with Crippen LogP contribution in [0.25, 0.3) is 90.9 Å². The number of aromatic amines is 2. The Morgan fingerprint density at radius 2 is 0.770 bits per heavy atom. The van der Waals surface area contributed by atoms with Crippen LogP contribution in [0.2, 0.25) is 0 Å².